The number of nitrogens with zero attached hydrogens (tertiary/aromatic N) is 1. The number of anilines is 1. The predicted octanol–water partition coefficient (Wildman–Crippen LogP) is 5.05. The van der Waals surface area contributed by atoms with Gasteiger partial charge >= 0.3 is 0 Å². The topological polar surface area (TPSA) is 93.2 Å². The maximum Gasteiger partial charge on any atom is 0.226 e. The van der Waals surface area contributed by atoms with E-state index in [2.05, 4.69) is 31.1 Å². The fourth-order valence-corrected chi connectivity index (χ4v) is 8.37. The Balaban J connectivity index is 2.07. The Labute approximate surface area is 187 Å². The summed E-state index contributed by atoms with van der Waals surface area (Å²) in [7, 11) is -7.66. The molecule has 0 saturated heterocycles. The highest BCUT2D eigenvalue weighted by atomic mass is 35.5. The van der Waals surface area contributed by atoms with E-state index in [0.717, 1.165) is 30.6 Å². The molecule has 0 aliphatic heterocycles. The second-order valence-corrected chi connectivity index (χ2v) is 14.5. The van der Waals surface area contributed by atoms with Crippen molar-refractivity contribution in [1.82, 2.24) is 4.98 Å². The molecule has 6 nitrogen and oxygen atoms in total. The lowest BCUT2D eigenvalue weighted by Gasteiger charge is -2.39. The Hall–Kier alpha value is -1.16. The third-order valence-electron chi connectivity index (χ3n) is 5.32. The van der Waals surface area contributed by atoms with Gasteiger partial charge in [0.25, 0.3) is 0 Å². The Morgan fingerprint density at radius 2 is 1.80 bits per heavy atom. The first-order valence-corrected chi connectivity index (χ1v) is 14.2. The van der Waals surface area contributed by atoms with Gasteiger partial charge in [0.15, 0.2) is 5.03 Å². The minimum Gasteiger partial charge on any atom is -0.372 e. The van der Waals surface area contributed by atoms with Crippen molar-refractivity contribution in [3.8, 4) is 0 Å². The zero-order valence-electron chi connectivity index (χ0n) is 17.5. The van der Waals surface area contributed by atoms with Crippen molar-refractivity contribution in [2.75, 3.05) is 11.1 Å². The molecule has 0 amide bonds. The zero-order valence-corrected chi connectivity index (χ0v) is 20.7. The monoisotopic (exact) mass is 490 g/mol. The second kappa shape index (κ2) is 8.41. The molecule has 1 fully saturated rings. The lowest BCUT2D eigenvalue weighted by Crippen LogP contribution is -2.35. The molecule has 1 aromatic carbocycles. The summed E-state index contributed by atoms with van der Waals surface area (Å²) < 4.78 is 51.3. The largest absolute Gasteiger partial charge is 0.372 e. The molecular formula is C20H27ClN2O4S3. The Morgan fingerprint density at radius 1 is 1.17 bits per heavy atom. The van der Waals surface area contributed by atoms with E-state index in [9.17, 15) is 16.8 Å². The van der Waals surface area contributed by atoms with Crippen molar-refractivity contribution in [3.63, 3.8) is 0 Å². The minimum absolute atomic E-state index is 0.0260. The van der Waals surface area contributed by atoms with Crippen LogP contribution in [0.25, 0.3) is 0 Å². The molecule has 1 aliphatic carbocycles. The van der Waals surface area contributed by atoms with Crippen LogP contribution in [0.3, 0.4) is 0 Å². The average Bonchev–Trinajstić information content (AvgIpc) is 3.05. The number of hydrogen-bond acceptors (Lipinski definition) is 7. The number of rotatable bonds is 6. The second-order valence-electron chi connectivity index (χ2n) is 8.73. The summed E-state index contributed by atoms with van der Waals surface area (Å²) in [6.07, 6.45) is 2.85. The molecule has 3 rings (SSSR count). The standard InChI is InChI=1S/C20H27ClN2O4S3/c1-5-29(24,25)19-23-18(30(26,27)16-8-6-14(21)7-9-16)17(28-19)22-15-10-13(2)11-20(3,4)12-15/h6-9,13,15,22H,5,10-12H2,1-4H3/t13-,15+/m1/s1. The number of aromatic nitrogens is 1. The van der Waals surface area contributed by atoms with Crippen molar-refractivity contribution in [2.45, 2.75) is 67.3 Å². The van der Waals surface area contributed by atoms with Gasteiger partial charge in [-0.2, -0.15) is 0 Å². The van der Waals surface area contributed by atoms with Crippen LogP contribution in [0.1, 0.15) is 47.0 Å². The van der Waals surface area contributed by atoms with Crippen LogP contribution in [0.5, 0.6) is 0 Å². The van der Waals surface area contributed by atoms with Crippen LogP contribution in [0.15, 0.2) is 38.5 Å². The molecule has 0 bridgehead atoms. The van der Waals surface area contributed by atoms with E-state index in [1.807, 2.05) is 0 Å². The molecule has 30 heavy (non-hydrogen) atoms. The first-order valence-electron chi connectivity index (χ1n) is 9.85. The van der Waals surface area contributed by atoms with Gasteiger partial charge in [0.1, 0.15) is 5.00 Å². The van der Waals surface area contributed by atoms with E-state index in [1.165, 1.54) is 31.2 Å². The van der Waals surface area contributed by atoms with Gasteiger partial charge in [0.2, 0.25) is 24.0 Å². The molecule has 0 radical (unpaired) electrons. The van der Waals surface area contributed by atoms with Crippen LogP contribution < -0.4 is 5.32 Å². The van der Waals surface area contributed by atoms with Gasteiger partial charge in [-0.1, -0.05) is 50.6 Å². The summed E-state index contributed by atoms with van der Waals surface area (Å²) in [6, 6.07) is 5.83. The van der Waals surface area contributed by atoms with E-state index in [-0.39, 0.29) is 36.5 Å². The number of sulfone groups is 2. The van der Waals surface area contributed by atoms with Crippen LogP contribution in [-0.2, 0) is 19.7 Å². The highest BCUT2D eigenvalue weighted by Gasteiger charge is 2.35. The highest BCUT2D eigenvalue weighted by molar-refractivity contribution is 7.94. The van der Waals surface area contributed by atoms with E-state index in [4.69, 9.17) is 11.6 Å². The molecule has 1 N–H and O–H groups in total. The lowest BCUT2D eigenvalue weighted by molar-refractivity contribution is 0.178. The molecule has 10 heteroatoms. The molecular weight excluding hydrogens is 464 g/mol. The smallest absolute Gasteiger partial charge is 0.226 e. The first kappa shape index (κ1) is 23.5. The van der Waals surface area contributed by atoms with Crippen molar-refractivity contribution < 1.29 is 16.8 Å². The van der Waals surface area contributed by atoms with E-state index < -0.39 is 19.7 Å². The fraction of sp³-hybridized carbons (Fsp3) is 0.550. The Morgan fingerprint density at radius 3 is 2.37 bits per heavy atom. The molecule has 1 saturated carbocycles. The van der Waals surface area contributed by atoms with Crippen LogP contribution in [0.4, 0.5) is 5.00 Å². The van der Waals surface area contributed by atoms with E-state index in [0.29, 0.717) is 10.9 Å². The number of nitrogens with one attached hydrogen (secondary N) is 1. The Bertz CT molecular complexity index is 1120. The van der Waals surface area contributed by atoms with Gasteiger partial charge in [-0.25, -0.2) is 21.8 Å². The highest BCUT2D eigenvalue weighted by Crippen LogP contribution is 2.42. The summed E-state index contributed by atoms with van der Waals surface area (Å²) in [6.45, 7) is 8.09. The third kappa shape index (κ3) is 5.00. The van der Waals surface area contributed by atoms with E-state index >= 15 is 0 Å². The molecule has 166 valence electrons. The summed E-state index contributed by atoms with van der Waals surface area (Å²) in [5.41, 5.74) is 0.119. The first-order chi connectivity index (χ1) is 13.8. The fourth-order valence-electron chi connectivity index (χ4n) is 4.18. The quantitative estimate of drug-likeness (QED) is 0.609. The lowest BCUT2D eigenvalue weighted by atomic mass is 9.71. The third-order valence-corrected chi connectivity index (χ3v) is 10.6. The SMILES string of the molecule is CCS(=O)(=O)c1nc(S(=O)(=O)c2ccc(Cl)cc2)c(N[C@H]2C[C@@H](C)CC(C)(C)C2)s1. The molecule has 2 aromatic rings. The summed E-state index contributed by atoms with van der Waals surface area (Å²) >= 11 is 6.79. The maximum atomic E-state index is 13.3. The molecule has 0 spiro atoms. The van der Waals surface area contributed by atoms with Crippen LogP contribution >= 0.6 is 22.9 Å². The van der Waals surface area contributed by atoms with Crippen molar-refractivity contribution in [2.24, 2.45) is 11.3 Å². The zero-order chi connectivity index (χ0) is 22.3. The molecule has 1 aromatic heterocycles. The van der Waals surface area contributed by atoms with Crippen molar-refractivity contribution >= 4 is 47.6 Å². The van der Waals surface area contributed by atoms with Crippen LogP contribution in [0, 0.1) is 11.3 Å². The van der Waals surface area contributed by atoms with Crippen molar-refractivity contribution in [1.29, 1.82) is 0 Å². The summed E-state index contributed by atoms with van der Waals surface area (Å²) in [5, 5.41) is 3.79. The average molecular weight is 491 g/mol. The van der Waals surface area contributed by atoms with Crippen LogP contribution in [-0.4, -0.2) is 33.6 Å². The van der Waals surface area contributed by atoms with Gasteiger partial charge in [-0.15, -0.1) is 0 Å². The van der Waals surface area contributed by atoms with Gasteiger partial charge in [-0.3, -0.25) is 0 Å². The predicted molar refractivity (Wildman–Crippen MR) is 121 cm³/mol. The summed E-state index contributed by atoms with van der Waals surface area (Å²) in [5.74, 6) is 0.336. The number of halogens is 1. The molecule has 2 atom stereocenters. The Kier molecular flexibility index (Phi) is 6.59. The maximum absolute atomic E-state index is 13.3. The number of hydrogen-bond donors (Lipinski definition) is 1. The van der Waals surface area contributed by atoms with Crippen LogP contribution in [0.2, 0.25) is 5.02 Å². The number of thiazole rings is 1. The van der Waals surface area contributed by atoms with Crippen molar-refractivity contribution in [3.05, 3.63) is 29.3 Å². The van der Waals surface area contributed by atoms with Gasteiger partial charge < -0.3 is 5.32 Å². The summed E-state index contributed by atoms with van der Waals surface area (Å²) in [4.78, 5) is 4.12. The molecule has 0 unspecified atom stereocenters. The van der Waals surface area contributed by atoms with E-state index in [1.54, 1.807) is 0 Å². The molecule has 1 aliphatic rings. The minimum atomic E-state index is -4.01. The number of benzene rings is 1. The normalized spacial score (nSPS) is 22.0. The van der Waals surface area contributed by atoms with Gasteiger partial charge in [0, 0.05) is 11.1 Å². The van der Waals surface area contributed by atoms with Gasteiger partial charge in [0.05, 0.1) is 10.6 Å². The van der Waals surface area contributed by atoms with Gasteiger partial charge in [-0.05, 0) is 54.9 Å². The molecule has 1 heterocycles.